The summed E-state index contributed by atoms with van der Waals surface area (Å²) in [6.07, 6.45) is 85.0. The van der Waals surface area contributed by atoms with E-state index in [4.69, 9.17) is 14.2 Å². The van der Waals surface area contributed by atoms with Crippen LogP contribution in [0.25, 0.3) is 0 Å². The largest absolute Gasteiger partial charge is 0.462 e. The summed E-state index contributed by atoms with van der Waals surface area (Å²) in [4.78, 5) is 38.2. The average molecular weight is 1030 g/mol. The highest BCUT2D eigenvalue weighted by Crippen LogP contribution is 2.15. The highest BCUT2D eigenvalue weighted by molar-refractivity contribution is 5.71. The van der Waals surface area contributed by atoms with Crippen molar-refractivity contribution in [2.75, 3.05) is 13.2 Å². The van der Waals surface area contributed by atoms with E-state index in [0.717, 1.165) is 141 Å². The number of carbonyl (C=O) groups excluding carboxylic acids is 3. The molecule has 6 nitrogen and oxygen atoms in total. The SMILES string of the molecule is CC/C=C\C/C=C\C/C=C\C/C=C\C/C=C\CCCCCC(=O)OC(COC(=O)CCCCCCC/C=C\CCC)COC(=O)CCCCCCCCCCCCCCCC/C=C\C/C=C\C/C=C\C/C=C\CC. The van der Waals surface area contributed by atoms with Gasteiger partial charge in [-0.25, -0.2) is 0 Å². The van der Waals surface area contributed by atoms with Crippen LogP contribution in [0, 0.1) is 0 Å². The van der Waals surface area contributed by atoms with Crippen molar-refractivity contribution < 1.29 is 28.6 Å². The minimum absolute atomic E-state index is 0.0959. The molecule has 0 amide bonds. The standard InChI is InChI=1S/C68H112O6/c1-4-7-10-13-16-19-22-24-26-28-30-31-32-33-34-35-36-37-39-40-42-44-46-49-52-55-58-61-67(70)73-64-65(63-72-66(69)60-57-54-51-48-21-18-15-12-9-6-3)74-68(71)62-59-56-53-50-47-45-43-41-38-29-27-25-23-20-17-14-11-8-5-2/h7-8,10-12,15-17,19-20,24-27,30-31,38,41,45,47,65H,4-6,9,13-14,18,21-23,28-29,32-37,39-40,42-44,46,48-64H2,1-3H3/b10-7-,11-8-,15-12-,19-16-,20-17-,26-24-,27-25-,31-30-,41-38-,47-45-. The number of carbonyl (C=O) groups is 3. The molecular formula is C68H112O6. The highest BCUT2D eigenvalue weighted by Gasteiger charge is 2.19. The Morgan fingerprint density at radius 1 is 0.284 bits per heavy atom. The van der Waals surface area contributed by atoms with Crippen LogP contribution in [-0.4, -0.2) is 37.2 Å². The highest BCUT2D eigenvalue weighted by atomic mass is 16.6. The molecule has 0 aliphatic carbocycles. The van der Waals surface area contributed by atoms with E-state index >= 15 is 0 Å². The molecular weight excluding hydrogens is 913 g/mol. The van der Waals surface area contributed by atoms with Crippen molar-refractivity contribution in [2.24, 2.45) is 0 Å². The third-order valence-corrected chi connectivity index (χ3v) is 12.7. The maximum absolute atomic E-state index is 12.9. The fraction of sp³-hybridized carbons (Fsp3) is 0.662. The molecule has 0 rings (SSSR count). The third kappa shape index (κ3) is 58.7. The number of ether oxygens (including phenoxy) is 3. The van der Waals surface area contributed by atoms with Crippen LogP contribution in [0.4, 0.5) is 0 Å². The molecule has 420 valence electrons. The van der Waals surface area contributed by atoms with E-state index in [0.29, 0.717) is 12.8 Å². The number of rotatable bonds is 54. The van der Waals surface area contributed by atoms with Crippen LogP contribution in [0.15, 0.2) is 122 Å². The van der Waals surface area contributed by atoms with Crippen molar-refractivity contribution in [3.63, 3.8) is 0 Å². The van der Waals surface area contributed by atoms with Gasteiger partial charge in [-0.15, -0.1) is 0 Å². The first kappa shape index (κ1) is 69.8. The van der Waals surface area contributed by atoms with Gasteiger partial charge < -0.3 is 14.2 Å². The quantitative estimate of drug-likeness (QED) is 0.0261. The Labute approximate surface area is 456 Å². The monoisotopic (exact) mass is 1020 g/mol. The van der Waals surface area contributed by atoms with Crippen LogP contribution >= 0.6 is 0 Å². The molecule has 0 aliphatic heterocycles. The maximum Gasteiger partial charge on any atom is 0.306 e. The fourth-order valence-electron chi connectivity index (χ4n) is 8.17. The Morgan fingerprint density at radius 2 is 0.527 bits per heavy atom. The van der Waals surface area contributed by atoms with Gasteiger partial charge in [-0.2, -0.15) is 0 Å². The molecule has 0 aliphatic rings. The first-order chi connectivity index (χ1) is 36.5. The van der Waals surface area contributed by atoms with Gasteiger partial charge in [0.1, 0.15) is 13.2 Å². The van der Waals surface area contributed by atoms with Crippen molar-refractivity contribution in [3.05, 3.63) is 122 Å². The van der Waals surface area contributed by atoms with E-state index in [2.05, 4.69) is 142 Å². The van der Waals surface area contributed by atoms with Crippen molar-refractivity contribution in [1.29, 1.82) is 0 Å². The number of hydrogen-bond donors (Lipinski definition) is 0. The molecule has 74 heavy (non-hydrogen) atoms. The Balaban J connectivity index is 4.28. The van der Waals surface area contributed by atoms with Crippen LogP contribution in [0.1, 0.15) is 271 Å². The van der Waals surface area contributed by atoms with Gasteiger partial charge in [0.25, 0.3) is 0 Å². The summed E-state index contributed by atoms with van der Waals surface area (Å²) in [5.74, 6) is -0.939. The zero-order chi connectivity index (χ0) is 53.6. The molecule has 0 aromatic carbocycles. The van der Waals surface area contributed by atoms with Gasteiger partial charge in [0.15, 0.2) is 6.10 Å². The van der Waals surface area contributed by atoms with Gasteiger partial charge in [-0.3, -0.25) is 14.4 Å². The molecule has 0 bridgehead atoms. The van der Waals surface area contributed by atoms with E-state index in [1.165, 1.54) is 89.9 Å². The summed E-state index contributed by atoms with van der Waals surface area (Å²) >= 11 is 0. The topological polar surface area (TPSA) is 78.9 Å². The van der Waals surface area contributed by atoms with Crippen molar-refractivity contribution in [1.82, 2.24) is 0 Å². The van der Waals surface area contributed by atoms with Crippen molar-refractivity contribution >= 4 is 17.9 Å². The fourth-order valence-corrected chi connectivity index (χ4v) is 8.17. The zero-order valence-corrected chi connectivity index (χ0v) is 48.1. The summed E-state index contributed by atoms with van der Waals surface area (Å²) in [6.45, 7) is 6.32. The van der Waals surface area contributed by atoms with Crippen molar-refractivity contribution in [2.45, 2.75) is 277 Å². The first-order valence-electron chi connectivity index (χ1n) is 30.5. The van der Waals surface area contributed by atoms with E-state index < -0.39 is 6.10 Å². The van der Waals surface area contributed by atoms with Gasteiger partial charge in [-0.05, 0) is 122 Å². The van der Waals surface area contributed by atoms with Gasteiger partial charge in [-0.1, -0.05) is 251 Å². The maximum atomic E-state index is 12.9. The van der Waals surface area contributed by atoms with Crippen LogP contribution in [-0.2, 0) is 28.6 Å². The Kier molecular flexibility index (Phi) is 57.9. The molecule has 0 radical (unpaired) electrons. The third-order valence-electron chi connectivity index (χ3n) is 12.7. The Hall–Kier alpha value is -4.19. The first-order valence-corrected chi connectivity index (χ1v) is 30.5. The molecule has 0 saturated carbocycles. The van der Waals surface area contributed by atoms with Crippen molar-refractivity contribution in [3.8, 4) is 0 Å². The summed E-state index contributed by atoms with van der Waals surface area (Å²) in [5.41, 5.74) is 0. The number of hydrogen-bond acceptors (Lipinski definition) is 6. The lowest BCUT2D eigenvalue weighted by Gasteiger charge is -2.18. The van der Waals surface area contributed by atoms with Gasteiger partial charge >= 0.3 is 17.9 Å². The minimum atomic E-state index is -0.801. The van der Waals surface area contributed by atoms with Crippen LogP contribution in [0.3, 0.4) is 0 Å². The summed E-state index contributed by atoms with van der Waals surface area (Å²) in [6, 6.07) is 0. The molecule has 0 heterocycles. The second-order valence-corrected chi connectivity index (χ2v) is 19.8. The molecule has 0 N–H and O–H groups in total. The summed E-state index contributed by atoms with van der Waals surface area (Å²) in [5, 5.41) is 0. The lowest BCUT2D eigenvalue weighted by Crippen LogP contribution is -2.30. The summed E-state index contributed by atoms with van der Waals surface area (Å²) in [7, 11) is 0. The van der Waals surface area contributed by atoms with Gasteiger partial charge in [0, 0.05) is 19.3 Å². The zero-order valence-electron chi connectivity index (χ0n) is 48.1. The van der Waals surface area contributed by atoms with E-state index in [1.807, 2.05) is 0 Å². The molecule has 0 aromatic heterocycles. The smallest absolute Gasteiger partial charge is 0.306 e. The molecule has 1 unspecified atom stereocenters. The van der Waals surface area contributed by atoms with E-state index in [9.17, 15) is 14.4 Å². The Morgan fingerprint density at radius 3 is 0.851 bits per heavy atom. The molecule has 1 atom stereocenters. The molecule has 6 heteroatoms. The van der Waals surface area contributed by atoms with E-state index in [1.54, 1.807) is 0 Å². The van der Waals surface area contributed by atoms with E-state index in [-0.39, 0.29) is 37.5 Å². The molecule has 0 fully saturated rings. The Bertz CT molecular complexity index is 1550. The summed E-state index contributed by atoms with van der Waals surface area (Å²) < 4.78 is 16.8. The predicted molar refractivity (Wildman–Crippen MR) is 320 cm³/mol. The number of allylic oxidation sites excluding steroid dienone is 20. The lowest BCUT2D eigenvalue weighted by molar-refractivity contribution is -0.167. The number of unbranched alkanes of at least 4 members (excludes halogenated alkanes) is 23. The van der Waals surface area contributed by atoms with Crippen LogP contribution in [0.2, 0.25) is 0 Å². The normalized spacial score (nSPS) is 13.0. The molecule has 0 aromatic rings. The average Bonchev–Trinajstić information content (AvgIpc) is 3.40. The second kappa shape index (κ2) is 61.4. The van der Waals surface area contributed by atoms with Gasteiger partial charge in [0.2, 0.25) is 0 Å². The molecule has 0 spiro atoms. The second-order valence-electron chi connectivity index (χ2n) is 19.8. The lowest BCUT2D eigenvalue weighted by atomic mass is 10.0. The molecule has 0 saturated heterocycles. The predicted octanol–water partition coefficient (Wildman–Crippen LogP) is 20.8. The number of esters is 3. The van der Waals surface area contributed by atoms with Crippen LogP contribution < -0.4 is 0 Å². The van der Waals surface area contributed by atoms with Gasteiger partial charge in [0.05, 0.1) is 0 Å². The minimum Gasteiger partial charge on any atom is -0.462 e. The van der Waals surface area contributed by atoms with Crippen LogP contribution in [0.5, 0.6) is 0 Å².